The predicted octanol–water partition coefficient (Wildman–Crippen LogP) is 3.45. The Kier molecular flexibility index (Phi) is 5.27. The Morgan fingerprint density at radius 3 is 2.83 bits per heavy atom. The molecule has 1 aliphatic heterocycles. The third-order valence-corrected chi connectivity index (χ3v) is 6.99. The van der Waals surface area contributed by atoms with Crippen molar-refractivity contribution < 1.29 is 0 Å². The van der Waals surface area contributed by atoms with E-state index in [0.717, 1.165) is 67.4 Å². The lowest BCUT2D eigenvalue weighted by Crippen LogP contribution is -2.23. The van der Waals surface area contributed by atoms with Gasteiger partial charge in [0.2, 0.25) is 0 Å². The summed E-state index contributed by atoms with van der Waals surface area (Å²) >= 11 is 1.83. The molecule has 0 atom stereocenters. The van der Waals surface area contributed by atoms with Crippen molar-refractivity contribution in [2.24, 2.45) is 4.99 Å². The van der Waals surface area contributed by atoms with Crippen molar-refractivity contribution >= 4 is 35.0 Å². The third kappa shape index (κ3) is 3.85. The third-order valence-electron chi connectivity index (χ3n) is 5.71. The molecule has 0 bridgehead atoms. The lowest BCUT2D eigenvalue weighted by molar-refractivity contribution is 0.276. The van der Waals surface area contributed by atoms with Crippen molar-refractivity contribution in [1.82, 2.24) is 19.9 Å². The molecule has 5 nitrogen and oxygen atoms in total. The lowest BCUT2D eigenvalue weighted by atomic mass is 10.2. The van der Waals surface area contributed by atoms with Gasteiger partial charge in [0.15, 0.2) is 5.82 Å². The summed E-state index contributed by atoms with van der Waals surface area (Å²) in [5.74, 6) is 0.823. The summed E-state index contributed by atoms with van der Waals surface area (Å²) in [5.41, 5.74) is 4.50. The maximum absolute atomic E-state index is 4.98. The Hall–Kier alpha value is -2.70. The summed E-state index contributed by atoms with van der Waals surface area (Å²) in [6.45, 7) is 6.86. The molecule has 1 aromatic carbocycles. The minimum atomic E-state index is 0.823. The first-order valence-electron chi connectivity index (χ1n) is 10.5. The Morgan fingerprint density at radius 2 is 2.00 bits per heavy atom. The van der Waals surface area contributed by atoms with Crippen molar-refractivity contribution in [2.45, 2.75) is 52.7 Å². The molecule has 0 amide bonds. The van der Waals surface area contributed by atoms with Crippen LogP contribution in [-0.4, -0.2) is 25.6 Å². The number of aliphatic imine (C=N–C) groups is 1. The summed E-state index contributed by atoms with van der Waals surface area (Å²) in [6, 6.07) is 8.49. The van der Waals surface area contributed by atoms with E-state index in [2.05, 4.69) is 70.1 Å². The highest BCUT2D eigenvalue weighted by atomic mass is 32.1. The van der Waals surface area contributed by atoms with Gasteiger partial charge in [-0.3, -0.25) is 4.90 Å². The van der Waals surface area contributed by atoms with E-state index < -0.39 is 0 Å². The minimum absolute atomic E-state index is 0.823. The maximum Gasteiger partial charge on any atom is 0.160 e. The van der Waals surface area contributed by atoms with Crippen LogP contribution in [0.25, 0.3) is 12.2 Å². The van der Waals surface area contributed by atoms with Crippen LogP contribution < -0.4 is 10.4 Å². The van der Waals surface area contributed by atoms with E-state index in [1.54, 1.807) is 6.33 Å². The van der Waals surface area contributed by atoms with Crippen molar-refractivity contribution in [2.75, 3.05) is 0 Å². The average Bonchev–Trinajstić information content (AvgIpc) is 3.25. The van der Waals surface area contributed by atoms with Gasteiger partial charge in [0.05, 0.1) is 16.4 Å². The molecule has 2 aliphatic rings. The van der Waals surface area contributed by atoms with E-state index in [4.69, 9.17) is 4.99 Å². The molecule has 1 aliphatic carbocycles. The number of aryl methyl sites for hydroxylation is 2. The monoisotopic (exact) mass is 415 g/mol. The molecule has 0 N–H and O–H groups in total. The van der Waals surface area contributed by atoms with Gasteiger partial charge in [0, 0.05) is 35.8 Å². The second-order valence-electron chi connectivity index (χ2n) is 7.86. The highest BCUT2D eigenvalue weighted by Crippen LogP contribution is 2.31. The van der Waals surface area contributed by atoms with Gasteiger partial charge in [-0.25, -0.2) is 19.9 Å². The summed E-state index contributed by atoms with van der Waals surface area (Å²) in [4.78, 5) is 22.5. The standard InChI is InChI=1S/C24H25N5S/c1-3-23-27-16(2)22(30-23)14-29-12-20-21(13-29)25-15-26-24(20)28-19-10-6-9-17-7-4-5-8-18(17)11-19/h4-5,7-9,11,15H,3,6,10,12-14H2,1-2H3. The van der Waals surface area contributed by atoms with Crippen LogP contribution in [0.3, 0.4) is 0 Å². The maximum atomic E-state index is 4.98. The van der Waals surface area contributed by atoms with Gasteiger partial charge in [-0.05, 0) is 42.7 Å². The smallest absolute Gasteiger partial charge is 0.160 e. The molecular weight excluding hydrogens is 390 g/mol. The molecule has 3 aromatic rings. The molecule has 5 rings (SSSR count). The van der Waals surface area contributed by atoms with E-state index in [1.807, 2.05) is 11.3 Å². The topological polar surface area (TPSA) is 54.3 Å². The van der Waals surface area contributed by atoms with Crippen LogP contribution in [0.5, 0.6) is 0 Å². The van der Waals surface area contributed by atoms with Gasteiger partial charge < -0.3 is 0 Å². The predicted molar refractivity (Wildman–Crippen MR) is 122 cm³/mol. The SMILES string of the molecule is CCc1nc(C)c(CN2Cc3ncnc(N=C4C=c5ccccc5=CCC4)c3C2)s1. The van der Waals surface area contributed by atoms with Crippen LogP contribution in [0.1, 0.15) is 46.6 Å². The Bertz CT molecular complexity index is 1240. The molecule has 0 radical (unpaired) electrons. The number of thiazole rings is 1. The van der Waals surface area contributed by atoms with Crippen molar-refractivity contribution in [3.63, 3.8) is 0 Å². The molecule has 6 heteroatoms. The average molecular weight is 416 g/mol. The molecule has 0 saturated carbocycles. The summed E-state index contributed by atoms with van der Waals surface area (Å²) in [7, 11) is 0. The highest BCUT2D eigenvalue weighted by molar-refractivity contribution is 7.11. The van der Waals surface area contributed by atoms with E-state index in [-0.39, 0.29) is 0 Å². The minimum Gasteiger partial charge on any atom is -0.288 e. The van der Waals surface area contributed by atoms with Gasteiger partial charge in [0.25, 0.3) is 0 Å². The number of hydrogen-bond acceptors (Lipinski definition) is 6. The van der Waals surface area contributed by atoms with Gasteiger partial charge in [0.1, 0.15) is 6.33 Å². The first kappa shape index (κ1) is 19.3. The fraction of sp³-hybridized carbons (Fsp3) is 0.333. The van der Waals surface area contributed by atoms with Crippen LogP contribution >= 0.6 is 11.3 Å². The molecule has 0 unspecified atom stereocenters. The Labute approximate surface area is 180 Å². The fourth-order valence-electron chi connectivity index (χ4n) is 4.10. The van der Waals surface area contributed by atoms with E-state index in [0.29, 0.717) is 0 Å². The zero-order chi connectivity index (χ0) is 20.5. The second kappa shape index (κ2) is 8.20. The van der Waals surface area contributed by atoms with E-state index in [1.165, 1.54) is 20.3 Å². The fourth-order valence-corrected chi connectivity index (χ4v) is 5.16. The molecule has 30 heavy (non-hydrogen) atoms. The van der Waals surface area contributed by atoms with Crippen LogP contribution in [0.4, 0.5) is 5.82 Å². The van der Waals surface area contributed by atoms with Crippen LogP contribution in [0.2, 0.25) is 0 Å². The van der Waals surface area contributed by atoms with Crippen LogP contribution in [-0.2, 0) is 26.1 Å². The number of nitrogens with zero attached hydrogens (tertiary/aromatic N) is 5. The zero-order valence-corrected chi connectivity index (χ0v) is 18.2. The van der Waals surface area contributed by atoms with E-state index >= 15 is 0 Å². The quantitative estimate of drug-likeness (QED) is 0.655. The Balaban J connectivity index is 1.42. The number of fused-ring (bicyclic) bond motifs is 2. The molecule has 2 aromatic heterocycles. The van der Waals surface area contributed by atoms with Crippen molar-refractivity contribution in [3.8, 4) is 0 Å². The first-order chi connectivity index (χ1) is 14.7. The van der Waals surface area contributed by atoms with Crippen molar-refractivity contribution in [3.05, 3.63) is 67.9 Å². The van der Waals surface area contributed by atoms with Crippen LogP contribution in [0.15, 0.2) is 35.6 Å². The summed E-state index contributed by atoms with van der Waals surface area (Å²) in [5, 5.41) is 3.73. The number of hydrogen-bond donors (Lipinski definition) is 0. The highest BCUT2D eigenvalue weighted by Gasteiger charge is 2.25. The van der Waals surface area contributed by atoms with Crippen LogP contribution in [0, 0.1) is 6.92 Å². The normalized spacial score (nSPS) is 17.2. The van der Waals surface area contributed by atoms with Gasteiger partial charge in [-0.2, -0.15) is 0 Å². The molecule has 0 spiro atoms. The first-order valence-corrected chi connectivity index (χ1v) is 11.4. The molecule has 3 heterocycles. The van der Waals surface area contributed by atoms with Gasteiger partial charge >= 0.3 is 0 Å². The number of benzene rings is 1. The van der Waals surface area contributed by atoms with Gasteiger partial charge in [-0.1, -0.05) is 37.3 Å². The largest absolute Gasteiger partial charge is 0.288 e. The number of aromatic nitrogens is 3. The Morgan fingerprint density at radius 1 is 1.13 bits per heavy atom. The number of rotatable bonds is 4. The lowest BCUT2D eigenvalue weighted by Gasteiger charge is -2.13. The second-order valence-corrected chi connectivity index (χ2v) is 9.02. The van der Waals surface area contributed by atoms with Gasteiger partial charge in [-0.15, -0.1) is 11.3 Å². The summed E-state index contributed by atoms with van der Waals surface area (Å²) in [6.07, 6.45) is 9.07. The molecule has 0 fully saturated rings. The molecular formula is C24H25N5S. The molecule has 152 valence electrons. The molecule has 0 saturated heterocycles. The zero-order valence-electron chi connectivity index (χ0n) is 17.4. The van der Waals surface area contributed by atoms with E-state index in [9.17, 15) is 0 Å². The van der Waals surface area contributed by atoms with Crippen molar-refractivity contribution in [1.29, 1.82) is 0 Å². The summed E-state index contributed by atoms with van der Waals surface area (Å²) < 4.78 is 0.